The van der Waals surface area contributed by atoms with Crippen LogP contribution < -0.4 is 20.1 Å². The molecule has 162 valence electrons. The first-order chi connectivity index (χ1) is 14.3. The van der Waals surface area contributed by atoms with E-state index in [0.29, 0.717) is 41.3 Å². The van der Waals surface area contributed by atoms with Crippen molar-refractivity contribution >= 4 is 52.1 Å². The summed E-state index contributed by atoms with van der Waals surface area (Å²) in [7, 11) is 0. The molecule has 0 atom stereocenters. The topological polar surface area (TPSA) is 59.6 Å². The Morgan fingerprint density at radius 3 is 2.63 bits per heavy atom. The number of amides is 1. The van der Waals surface area contributed by atoms with Gasteiger partial charge in [0.05, 0.1) is 18.2 Å². The summed E-state index contributed by atoms with van der Waals surface area (Å²) in [6.07, 6.45) is 1.78. The molecule has 2 N–H and O–H groups in total. The molecule has 0 unspecified atom stereocenters. The van der Waals surface area contributed by atoms with Crippen molar-refractivity contribution in [1.82, 2.24) is 5.32 Å². The van der Waals surface area contributed by atoms with Crippen LogP contribution in [0.2, 0.25) is 10.0 Å². The molecule has 0 saturated carbocycles. The van der Waals surface area contributed by atoms with Crippen molar-refractivity contribution in [3.05, 3.63) is 52.5 Å². The fraction of sp³-hybridized carbons (Fsp3) is 0.364. The first-order valence-electron chi connectivity index (χ1n) is 9.75. The molecule has 0 aliphatic heterocycles. The lowest BCUT2D eigenvalue weighted by Crippen LogP contribution is -2.34. The number of thiocarbonyl (C=S) groups is 1. The Kier molecular flexibility index (Phi) is 10.2. The number of hydrogen-bond acceptors (Lipinski definition) is 4. The quantitative estimate of drug-likeness (QED) is 0.326. The number of carbonyl (C=O) groups is 1. The number of hydrogen-bond donors (Lipinski definition) is 2. The van der Waals surface area contributed by atoms with Gasteiger partial charge in [0.25, 0.3) is 0 Å². The Morgan fingerprint density at radius 1 is 1.10 bits per heavy atom. The van der Waals surface area contributed by atoms with Gasteiger partial charge in [-0.15, -0.1) is 0 Å². The van der Waals surface area contributed by atoms with E-state index in [1.54, 1.807) is 18.2 Å². The average molecular weight is 469 g/mol. The first kappa shape index (κ1) is 24.3. The van der Waals surface area contributed by atoms with Gasteiger partial charge >= 0.3 is 0 Å². The molecule has 0 aliphatic rings. The predicted octanol–water partition coefficient (Wildman–Crippen LogP) is 6.09. The summed E-state index contributed by atoms with van der Waals surface area (Å²) in [5.74, 6) is 1.69. The SMILES string of the molecule is CC(C)CCOc1cccc(NC(=S)NC(=O)CCCOc2ccc(Cl)cc2Cl)c1. The summed E-state index contributed by atoms with van der Waals surface area (Å²) in [5, 5.41) is 6.88. The Bertz CT molecular complexity index is 862. The van der Waals surface area contributed by atoms with Crippen molar-refractivity contribution in [2.75, 3.05) is 18.5 Å². The molecule has 1 amide bonds. The Hall–Kier alpha value is -2.02. The summed E-state index contributed by atoms with van der Waals surface area (Å²) in [6.45, 7) is 5.32. The molecule has 2 aromatic carbocycles. The summed E-state index contributed by atoms with van der Waals surface area (Å²) >= 11 is 17.1. The van der Waals surface area contributed by atoms with Crippen LogP contribution in [0.5, 0.6) is 11.5 Å². The third-order valence-electron chi connectivity index (χ3n) is 4.01. The lowest BCUT2D eigenvalue weighted by molar-refractivity contribution is -0.119. The van der Waals surface area contributed by atoms with Gasteiger partial charge < -0.3 is 20.1 Å². The van der Waals surface area contributed by atoms with Crippen LogP contribution in [-0.4, -0.2) is 24.2 Å². The number of carbonyl (C=O) groups excluding carboxylic acids is 1. The Labute approximate surface area is 193 Å². The molecule has 0 heterocycles. The molecule has 8 heteroatoms. The van der Waals surface area contributed by atoms with Crippen LogP contribution in [0, 0.1) is 5.92 Å². The maximum Gasteiger partial charge on any atom is 0.226 e. The number of nitrogens with one attached hydrogen (secondary N) is 2. The molecule has 0 bridgehead atoms. The highest BCUT2D eigenvalue weighted by Crippen LogP contribution is 2.27. The highest BCUT2D eigenvalue weighted by molar-refractivity contribution is 7.80. The maximum atomic E-state index is 12.1. The van der Waals surface area contributed by atoms with Gasteiger partial charge in [-0.2, -0.15) is 0 Å². The standard InChI is InChI=1S/C22H26Cl2N2O3S/c1-15(2)10-12-28-18-6-3-5-17(14-18)25-22(30)26-21(27)7-4-11-29-20-9-8-16(23)13-19(20)24/h3,5-6,8-9,13-15H,4,7,10-12H2,1-2H3,(H2,25,26,27,30). The highest BCUT2D eigenvalue weighted by Gasteiger charge is 2.07. The van der Waals surface area contributed by atoms with Crippen LogP contribution >= 0.6 is 35.4 Å². The van der Waals surface area contributed by atoms with Crippen LogP contribution in [-0.2, 0) is 4.79 Å². The molecule has 5 nitrogen and oxygen atoms in total. The lowest BCUT2D eigenvalue weighted by atomic mass is 10.1. The van der Waals surface area contributed by atoms with Gasteiger partial charge in [0, 0.05) is 23.2 Å². The van der Waals surface area contributed by atoms with E-state index >= 15 is 0 Å². The molecule has 0 saturated heterocycles. The zero-order valence-electron chi connectivity index (χ0n) is 17.0. The summed E-state index contributed by atoms with van der Waals surface area (Å²) in [4.78, 5) is 12.1. The predicted molar refractivity (Wildman–Crippen MR) is 127 cm³/mol. The molecule has 0 aromatic heterocycles. The number of benzene rings is 2. The van der Waals surface area contributed by atoms with E-state index < -0.39 is 0 Å². The zero-order valence-corrected chi connectivity index (χ0v) is 19.4. The summed E-state index contributed by atoms with van der Waals surface area (Å²) in [5.41, 5.74) is 0.753. The van der Waals surface area contributed by atoms with Gasteiger partial charge in [-0.05, 0) is 61.3 Å². The molecular formula is C22H26Cl2N2O3S. The summed E-state index contributed by atoms with van der Waals surface area (Å²) in [6, 6.07) is 12.5. The average Bonchev–Trinajstić information content (AvgIpc) is 2.66. The van der Waals surface area contributed by atoms with Gasteiger partial charge in [-0.25, -0.2) is 0 Å². The van der Waals surface area contributed by atoms with E-state index in [0.717, 1.165) is 17.9 Å². The minimum atomic E-state index is -0.192. The van der Waals surface area contributed by atoms with E-state index in [4.69, 9.17) is 44.9 Å². The number of rotatable bonds is 10. The lowest BCUT2D eigenvalue weighted by Gasteiger charge is -2.12. The van der Waals surface area contributed by atoms with Crippen LogP contribution in [0.4, 0.5) is 5.69 Å². The fourth-order valence-corrected chi connectivity index (χ4v) is 3.13. The van der Waals surface area contributed by atoms with Gasteiger partial charge in [-0.3, -0.25) is 4.79 Å². The molecule has 2 aromatic rings. The Balaban J connectivity index is 1.69. The molecule has 0 fully saturated rings. The van der Waals surface area contributed by atoms with Crippen LogP contribution in [0.1, 0.15) is 33.1 Å². The smallest absolute Gasteiger partial charge is 0.226 e. The number of ether oxygens (including phenoxy) is 2. The van der Waals surface area contributed by atoms with Crippen molar-refractivity contribution in [2.24, 2.45) is 5.92 Å². The number of halogens is 2. The summed E-state index contributed by atoms with van der Waals surface area (Å²) < 4.78 is 11.3. The van der Waals surface area contributed by atoms with E-state index in [9.17, 15) is 4.79 Å². The molecular weight excluding hydrogens is 443 g/mol. The van der Waals surface area contributed by atoms with Gasteiger partial charge in [0.2, 0.25) is 5.91 Å². The third-order valence-corrected chi connectivity index (χ3v) is 4.74. The van der Waals surface area contributed by atoms with Gasteiger partial charge in [-0.1, -0.05) is 43.1 Å². The molecule has 30 heavy (non-hydrogen) atoms. The van der Waals surface area contributed by atoms with Crippen molar-refractivity contribution in [3.63, 3.8) is 0 Å². The van der Waals surface area contributed by atoms with Gasteiger partial charge in [0.1, 0.15) is 11.5 Å². The monoisotopic (exact) mass is 468 g/mol. The van der Waals surface area contributed by atoms with E-state index in [2.05, 4.69) is 24.5 Å². The van der Waals surface area contributed by atoms with Crippen molar-refractivity contribution in [1.29, 1.82) is 0 Å². The fourth-order valence-electron chi connectivity index (χ4n) is 2.43. The first-order valence-corrected chi connectivity index (χ1v) is 10.9. The zero-order chi connectivity index (χ0) is 21.9. The normalized spacial score (nSPS) is 10.6. The molecule has 0 radical (unpaired) electrons. The van der Waals surface area contributed by atoms with Gasteiger partial charge in [0.15, 0.2) is 5.11 Å². The second-order valence-corrected chi connectivity index (χ2v) is 8.34. The minimum absolute atomic E-state index is 0.192. The van der Waals surface area contributed by atoms with Crippen LogP contribution in [0.15, 0.2) is 42.5 Å². The van der Waals surface area contributed by atoms with Crippen molar-refractivity contribution < 1.29 is 14.3 Å². The molecule has 0 spiro atoms. The van der Waals surface area contributed by atoms with E-state index in [-0.39, 0.29) is 17.4 Å². The third kappa shape index (κ3) is 9.20. The van der Waals surface area contributed by atoms with E-state index in [1.165, 1.54) is 0 Å². The Morgan fingerprint density at radius 2 is 1.90 bits per heavy atom. The number of anilines is 1. The van der Waals surface area contributed by atoms with Crippen molar-refractivity contribution in [2.45, 2.75) is 33.1 Å². The van der Waals surface area contributed by atoms with Crippen molar-refractivity contribution in [3.8, 4) is 11.5 Å². The minimum Gasteiger partial charge on any atom is -0.494 e. The second-order valence-electron chi connectivity index (χ2n) is 7.09. The largest absolute Gasteiger partial charge is 0.494 e. The highest BCUT2D eigenvalue weighted by atomic mass is 35.5. The molecule has 2 rings (SSSR count). The van der Waals surface area contributed by atoms with Crippen LogP contribution in [0.25, 0.3) is 0 Å². The maximum absolute atomic E-state index is 12.1. The van der Waals surface area contributed by atoms with E-state index in [1.807, 2.05) is 24.3 Å². The second kappa shape index (κ2) is 12.6. The van der Waals surface area contributed by atoms with Crippen LogP contribution in [0.3, 0.4) is 0 Å². The molecule has 0 aliphatic carbocycles.